The normalized spacial score (nSPS) is 12.6. The van der Waals surface area contributed by atoms with E-state index in [4.69, 9.17) is 14.2 Å². The lowest BCUT2D eigenvalue weighted by molar-refractivity contribution is -0.167. The van der Waals surface area contributed by atoms with Gasteiger partial charge in [-0.1, -0.05) is 254 Å². The standard InChI is InChI=1S/C61H106O6/c1-4-7-10-13-16-19-22-25-28-30-32-33-36-39-42-45-48-51-54-60(63)66-57-58(56-65-59(62)53-50-47-44-41-38-35-27-24-21-18-15-12-9-6-3)67-61(64)55-52-49-46-43-40-37-34-31-29-26-23-20-17-14-11-8-5-2/h16-17,19-20,22,25-26,28-30,32-33,58H,4-15,18,21,23-24,27,31,34-57H2,1-3H3/b19-16-,20-17-,25-22-,29-26-,30-28-,33-32-. The molecular weight excluding hydrogens is 829 g/mol. The third-order valence-corrected chi connectivity index (χ3v) is 12.3. The summed E-state index contributed by atoms with van der Waals surface area (Å²) in [5, 5.41) is 0. The van der Waals surface area contributed by atoms with Crippen molar-refractivity contribution in [1.82, 2.24) is 0 Å². The summed E-state index contributed by atoms with van der Waals surface area (Å²) in [4.78, 5) is 38.1. The van der Waals surface area contributed by atoms with Gasteiger partial charge < -0.3 is 14.2 Å². The van der Waals surface area contributed by atoms with Crippen molar-refractivity contribution in [1.29, 1.82) is 0 Å². The summed E-state index contributed by atoms with van der Waals surface area (Å²) in [5.41, 5.74) is 0. The highest BCUT2D eigenvalue weighted by Gasteiger charge is 2.19. The molecule has 6 nitrogen and oxygen atoms in total. The van der Waals surface area contributed by atoms with Crippen LogP contribution in [0.15, 0.2) is 72.9 Å². The average molecular weight is 936 g/mol. The number of carbonyl (C=O) groups excluding carboxylic acids is 3. The van der Waals surface area contributed by atoms with Gasteiger partial charge in [-0.2, -0.15) is 0 Å². The molecule has 0 N–H and O–H groups in total. The Labute approximate surface area is 414 Å². The molecule has 0 aliphatic rings. The van der Waals surface area contributed by atoms with Crippen molar-refractivity contribution in [3.05, 3.63) is 72.9 Å². The topological polar surface area (TPSA) is 78.9 Å². The van der Waals surface area contributed by atoms with Crippen LogP contribution in [0.1, 0.15) is 278 Å². The van der Waals surface area contributed by atoms with Gasteiger partial charge in [0.25, 0.3) is 0 Å². The van der Waals surface area contributed by atoms with Crippen molar-refractivity contribution in [3.63, 3.8) is 0 Å². The van der Waals surface area contributed by atoms with Gasteiger partial charge in [0.1, 0.15) is 13.2 Å². The Kier molecular flexibility index (Phi) is 52.8. The Morgan fingerprint density at radius 3 is 0.985 bits per heavy atom. The van der Waals surface area contributed by atoms with E-state index in [1.54, 1.807) is 0 Å². The predicted molar refractivity (Wildman–Crippen MR) is 288 cm³/mol. The third-order valence-electron chi connectivity index (χ3n) is 12.3. The maximum Gasteiger partial charge on any atom is 0.306 e. The van der Waals surface area contributed by atoms with Crippen LogP contribution in [0.25, 0.3) is 0 Å². The van der Waals surface area contributed by atoms with Gasteiger partial charge in [-0.25, -0.2) is 0 Å². The van der Waals surface area contributed by atoms with E-state index < -0.39 is 6.10 Å². The summed E-state index contributed by atoms with van der Waals surface area (Å²) in [7, 11) is 0. The second-order valence-corrected chi connectivity index (χ2v) is 18.9. The Morgan fingerprint density at radius 1 is 0.313 bits per heavy atom. The number of hydrogen-bond acceptors (Lipinski definition) is 6. The summed E-state index contributed by atoms with van der Waals surface area (Å²) in [5.74, 6) is -0.907. The quantitative estimate of drug-likeness (QED) is 0.0199. The van der Waals surface area contributed by atoms with Crippen LogP contribution in [0.5, 0.6) is 0 Å². The van der Waals surface area contributed by atoms with E-state index in [2.05, 4.69) is 93.7 Å². The molecule has 1 atom stereocenters. The summed E-state index contributed by atoms with van der Waals surface area (Å²) < 4.78 is 16.8. The molecule has 386 valence electrons. The molecule has 0 aromatic carbocycles. The first kappa shape index (κ1) is 63.8. The predicted octanol–water partition coefficient (Wildman–Crippen LogP) is 19.0. The lowest BCUT2D eigenvalue weighted by atomic mass is 10.0. The maximum atomic E-state index is 12.8. The van der Waals surface area contributed by atoms with Gasteiger partial charge in [0.2, 0.25) is 0 Å². The smallest absolute Gasteiger partial charge is 0.306 e. The molecule has 0 bridgehead atoms. The molecule has 0 aliphatic heterocycles. The first-order valence-electron chi connectivity index (χ1n) is 28.5. The molecule has 1 unspecified atom stereocenters. The molecule has 0 aromatic rings. The number of unbranched alkanes of at least 4 members (excludes halogenated alkanes) is 31. The summed E-state index contributed by atoms with van der Waals surface area (Å²) in [6.07, 6.45) is 70.2. The molecule has 0 heterocycles. The number of allylic oxidation sites excluding steroid dienone is 12. The van der Waals surface area contributed by atoms with Gasteiger partial charge >= 0.3 is 17.9 Å². The van der Waals surface area contributed by atoms with E-state index in [0.717, 1.165) is 96.3 Å². The highest BCUT2D eigenvalue weighted by Crippen LogP contribution is 2.15. The van der Waals surface area contributed by atoms with Crippen molar-refractivity contribution in [2.75, 3.05) is 13.2 Å². The zero-order chi connectivity index (χ0) is 48.6. The van der Waals surface area contributed by atoms with Gasteiger partial charge in [-0.3, -0.25) is 14.4 Å². The van der Waals surface area contributed by atoms with E-state index in [9.17, 15) is 14.4 Å². The third kappa shape index (κ3) is 53.7. The first-order chi connectivity index (χ1) is 33.0. The molecule has 0 radical (unpaired) electrons. The summed E-state index contributed by atoms with van der Waals surface area (Å²) in [6.45, 7) is 6.57. The Bertz CT molecular complexity index is 1260. The Balaban J connectivity index is 4.44. The van der Waals surface area contributed by atoms with Gasteiger partial charge in [0.15, 0.2) is 6.10 Å². The van der Waals surface area contributed by atoms with Crippen molar-refractivity contribution in [2.45, 2.75) is 284 Å². The van der Waals surface area contributed by atoms with Crippen molar-refractivity contribution >= 4 is 17.9 Å². The first-order valence-corrected chi connectivity index (χ1v) is 28.5. The van der Waals surface area contributed by atoms with Crippen LogP contribution in [0.3, 0.4) is 0 Å². The van der Waals surface area contributed by atoms with E-state index in [1.807, 2.05) is 0 Å². The molecule has 0 amide bonds. The van der Waals surface area contributed by atoms with Crippen LogP contribution in [0.2, 0.25) is 0 Å². The van der Waals surface area contributed by atoms with Crippen LogP contribution in [0, 0.1) is 0 Å². The number of hydrogen-bond donors (Lipinski definition) is 0. The number of carbonyl (C=O) groups is 3. The minimum atomic E-state index is -0.788. The van der Waals surface area contributed by atoms with Crippen molar-refractivity contribution in [3.8, 4) is 0 Å². The van der Waals surface area contributed by atoms with Crippen molar-refractivity contribution < 1.29 is 28.6 Å². The largest absolute Gasteiger partial charge is 0.462 e. The lowest BCUT2D eigenvalue weighted by Gasteiger charge is -2.18. The molecule has 6 heteroatoms. The number of rotatable bonds is 51. The van der Waals surface area contributed by atoms with Gasteiger partial charge in [0.05, 0.1) is 0 Å². The monoisotopic (exact) mass is 935 g/mol. The fourth-order valence-corrected chi connectivity index (χ4v) is 7.96. The molecule has 0 saturated carbocycles. The molecular formula is C61H106O6. The highest BCUT2D eigenvalue weighted by molar-refractivity contribution is 5.71. The van der Waals surface area contributed by atoms with E-state index in [0.29, 0.717) is 19.3 Å². The fraction of sp³-hybridized carbons (Fsp3) is 0.754. The van der Waals surface area contributed by atoms with E-state index >= 15 is 0 Å². The van der Waals surface area contributed by atoms with E-state index in [1.165, 1.54) is 141 Å². The van der Waals surface area contributed by atoms with Gasteiger partial charge in [-0.05, 0) is 77.0 Å². The maximum absolute atomic E-state index is 12.8. The van der Waals surface area contributed by atoms with Crippen LogP contribution in [-0.4, -0.2) is 37.2 Å². The lowest BCUT2D eigenvalue weighted by Crippen LogP contribution is -2.30. The Morgan fingerprint density at radius 2 is 0.597 bits per heavy atom. The SMILES string of the molecule is CCCCC\C=C/C=C\C=C/C=C\CCCCCCCC(=O)OCC(COC(=O)CCCCCCCCCCCCCCCC)OC(=O)CCCCCCCCC/C=C\C/C=C\CCCCC. The molecule has 0 aliphatic carbocycles. The Hall–Kier alpha value is -3.15. The highest BCUT2D eigenvalue weighted by atomic mass is 16.6. The van der Waals surface area contributed by atoms with Crippen LogP contribution >= 0.6 is 0 Å². The molecule has 0 rings (SSSR count). The van der Waals surface area contributed by atoms with Gasteiger partial charge in [-0.15, -0.1) is 0 Å². The molecule has 67 heavy (non-hydrogen) atoms. The minimum Gasteiger partial charge on any atom is -0.462 e. The fourth-order valence-electron chi connectivity index (χ4n) is 7.96. The molecule has 0 fully saturated rings. The molecule has 0 saturated heterocycles. The zero-order valence-corrected chi connectivity index (χ0v) is 44.2. The number of ether oxygens (including phenoxy) is 3. The summed E-state index contributed by atoms with van der Waals surface area (Å²) >= 11 is 0. The van der Waals surface area contributed by atoms with Crippen LogP contribution in [-0.2, 0) is 28.6 Å². The molecule has 0 aromatic heterocycles. The van der Waals surface area contributed by atoms with E-state index in [-0.39, 0.29) is 31.1 Å². The second kappa shape index (κ2) is 55.4. The second-order valence-electron chi connectivity index (χ2n) is 18.9. The molecule has 0 spiro atoms. The van der Waals surface area contributed by atoms with Crippen LogP contribution < -0.4 is 0 Å². The van der Waals surface area contributed by atoms with Crippen LogP contribution in [0.4, 0.5) is 0 Å². The van der Waals surface area contributed by atoms with Gasteiger partial charge in [0, 0.05) is 19.3 Å². The number of esters is 3. The minimum absolute atomic E-state index is 0.0845. The average Bonchev–Trinajstić information content (AvgIpc) is 3.33. The zero-order valence-electron chi connectivity index (χ0n) is 44.2. The van der Waals surface area contributed by atoms with Crippen molar-refractivity contribution in [2.24, 2.45) is 0 Å². The summed E-state index contributed by atoms with van der Waals surface area (Å²) in [6, 6.07) is 0.